The molecule has 0 bridgehead atoms. The first-order valence-corrected chi connectivity index (χ1v) is 10.5. The van der Waals surface area contributed by atoms with Crippen LogP contribution in [0.5, 0.6) is 0 Å². The molecule has 1 aliphatic carbocycles. The number of fused-ring (bicyclic) bond motifs is 3. The average Bonchev–Trinajstić information content (AvgIpc) is 3.40. The van der Waals surface area contributed by atoms with Crippen LogP contribution in [-0.2, 0) is 14.3 Å². The number of benzene rings is 2. The van der Waals surface area contributed by atoms with Crippen LogP contribution in [0.4, 0.5) is 10.6 Å². The van der Waals surface area contributed by atoms with E-state index < -0.39 is 23.5 Å². The summed E-state index contributed by atoms with van der Waals surface area (Å²) in [5.41, 5.74) is 2.77. The number of anilines is 1. The molecule has 176 valence electrons. The molecule has 1 aromatic heterocycles. The third kappa shape index (κ3) is 4.48. The molecular weight excluding hydrogens is 440 g/mol. The van der Waals surface area contributed by atoms with Crippen LogP contribution < -0.4 is 10.6 Å². The number of nitrogens with one attached hydrogen (secondary N) is 3. The van der Waals surface area contributed by atoms with Crippen LogP contribution in [0.25, 0.3) is 11.1 Å². The van der Waals surface area contributed by atoms with Gasteiger partial charge in [0.15, 0.2) is 11.4 Å². The van der Waals surface area contributed by atoms with Crippen molar-refractivity contribution >= 4 is 23.8 Å². The largest absolute Gasteiger partial charge is 0.479 e. The summed E-state index contributed by atoms with van der Waals surface area (Å²) in [6.45, 7) is 1.22. The van der Waals surface area contributed by atoms with Crippen molar-refractivity contribution in [1.82, 2.24) is 15.5 Å². The Hall–Kier alpha value is -4.18. The summed E-state index contributed by atoms with van der Waals surface area (Å²) in [6.07, 6.45) is -0.727. The fourth-order valence-electron chi connectivity index (χ4n) is 4.00. The van der Waals surface area contributed by atoms with E-state index in [1.165, 1.54) is 20.1 Å². The number of H-pyrrole nitrogens is 1. The quantitative estimate of drug-likeness (QED) is 0.401. The molecule has 0 spiro atoms. The van der Waals surface area contributed by atoms with Gasteiger partial charge in [0.05, 0.1) is 6.61 Å². The Bertz CT molecular complexity index is 1190. The number of aromatic nitrogens is 2. The van der Waals surface area contributed by atoms with Crippen molar-refractivity contribution in [3.8, 4) is 11.1 Å². The zero-order chi connectivity index (χ0) is 24.3. The maximum atomic E-state index is 12.4. The van der Waals surface area contributed by atoms with Gasteiger partial charge in [-0.05, 0) is 29.2 Å². The summed E-state index contributed by atoms with van der Waals surface area (Å²) >= 11 is 0. The van der Waals surface area contributed by atoms with Crippen LogP contribution in [0.2, 0.25) is 0 Å². The first-order chi connectivity index (χ1) is 16.3. The monoisotopic (exact) mass is 464 g/mol. The first kappa shape index (κ1) is 23.0. The highest BCUT2D eigenvalue weighted by Gasteiger charge is 2.36. The number of carboxylic acids is 1. The highest BCUT2D eigenvalue weighted by molar-refractivity contribution is 5.97. The Kier molecular flexibility index (Phi) is 6.33. The van der Waals surface area contributed by atoms with Crippen molar-refractivity contribution in [2.24, 2.45) is 0 Å². The van der Waals surface area contributed by atoms with Crippen molar-refractivity contribution in [2.45, 2.75) is 18.4 Å². The van der Waals surface area contributed by atoms with E-state index in [2.05, 4.69) is 20.8 Å². The third-order valence-corrected chi connectivity index (χ3v) is 5.69. The molecule has 4 N–H and O–H groups in total. The predicted octanol–water partition coefficient (Wildman–Crippen LogP) is 2.99. The molecule has 1 aliphatic rings. The Morgan fingerprint density at radius 2 is 1.71 bits per heavy atom. The van der Waals surface area contributed by atoms with Crippen LogP contribution >= 0.6 is 0 Å². The summed E-state index contributed by atoms with van der Waals surface area (Å²) in [7, 11) is 1.33. The minimum Gasteiger partial charge on any atom is -0.479 e. The lowest BCUT2D eigenvalue weighted by Crippen LogP contribution is -2.55. The van der Waals surface area contributed by atoms with Crippen LogP contribution in [0.3, 0.4) is 0 Å². The number of rotatable bonds is 8. The molecule has 1 unspecified atom stereocenters. The SMILES string of the molecule is COCC(C)(NC(=O)c1cc(NC(=O)OCC2c3ccccc3-c3ccccc32)n[nH]1)C(=O)O. The maximum absolute atomic E-state index is 12.4. The molecule has 10 nitrogen and oxygen atoms in total. The number of ether oxygens (including phenoxy) is 2. The van der Waals surface area contributed by atoms with E-state index in [0.29, 0.717) is 0 Å². The Morgan fingerprint density at radius 3 is 2.29 bits per heavy atom. The molecule has 1 heterocycles. The number of hydrogen-bond donors (Lipinski definition) is 4. The number of carboxylic acid groups (broad SMARTS) is 1. The molecule has 4 rings (SSSR count). The lowest BCUT2D eigenvalue weighted by atomic mass is 9.98. The molecule has 0 saturated heterocycles. The van der Waals surface area contributed by atoms with Gasteiger partial charge in [0, 0.05) is 19.1 Å². The van der Waals surface area contributed by atoms with Crippen molar-refractivity contribution in [3.05, 3.63) is 71.4 Å². The topological polar surface area (TPSA) is 143 Å². The second kappa shape index (κ2) is 9.36. The fraction of sp³-hybridized carbons (Fsp3) is 0.250. The van der Waals surface area contributed by atoms with Crippen molar-refractivity contribution in [1.29, 1.82) is 0 Å². The normalized spacial score (nSPS) is 13.9. The van der Waals surface area contributed by atoms with E-state index in [0.717, 1.165) is 22.3 Å². The van der Waals surface area contributed by atoms with Crippen molar-refractivity contribution in [3.63, 3.8) is 0 Å². The summed E-state index contributed by atoms with van der Waals surface area (Å²) in [4.78, 5) is 36.3. The minimum atomic E-state index is -1.63. The fourth-order valence-corrected chi connectivity index (χ4v) is 4.00. The van der Waals surface area contributed by atoms with Gasteiger partial charge in [-0.3, -0.25) is 15.2 Å². The molecular formula is C24H24N4O6. The summed E-state index contributed by atoms with van der Waals surface area (Å²) < 4.78 is 10.3. The number of aliphatic carboxylic acids is 1. The molecule has 2 aromatic carbocycles. The highest BCUT2D eigenvalue weighted by Crippen LogP contribution is 2.44. The van der Waals surface area contributed by atoms with Crippen LogP contribution in [0.15, 0.2) is 54.6 Å². The van der Waals surface area contributed by atoms with Crippen molar-refractivity contribution < 1.29 is 29.0 Å². The van der Waals surface area contributed by atoms with Gasteiger partial charge in [-0.15, -0.1) is 0 Å². The molecule has 0 fully saturated rings. The van der Waals surface area contributed by atoms with Gasteiger partial charge >= 0.3 is 12.1 Å². The molecule has 0 saturated carbocycles. The van der Waals surface area contributed by atoms with E-state index in [-0.39, 0.29) is 30.6 Å². The zero-order valence-corrected chi connectivity index (χ0v) is 18.6. The second-order valence-electron chi connectivity index (χ2n) is 8.14. The number of hydrogen-bond acceptors (Lipinski definition) is 6. The number of carbonyl (C=O) groups excluding carboxylic acids is 2. The van der Waals surface area contributed by atoms with Gasteiger partial charge in [-0.2, -0.15) is 5.10 Å². The Morgan fingerprint density at radius 1 is 1.09 bits per heavy atom. The summed E-state index contributed by atoms with van der Waals surface area (Å²) in [6, 6.07) is 17.3. The smallest absolute Gasteiger partial charge is 0.412 e. The summed E-state index contributed by atoms with van der Waals surface area (Å²) in [5, 5.41) is 20.6. The summed E-state index contributed by atoms with van der Waals surface area (Å²) in [5.74, 6) is -1.99. The lowest BCUT2D eigenvalue weighted by molar-refractivity contribution is -0.145. The zero-order valence-electron chi connectivity index (χ0n) is 18.6. The van der Waals surface area contributed by atoms with Crippen molar-refractivity contribution in [2.75, 3.05) is 25.6 Å². The van der Waals surface area contributed by atoms with E-state index in [9.17, 15) is 19.5 Å². The Labute approximate surface area is 195 Å². The van der Waals surface area contributed by atoms with E-state index in [4.69, 9.17) is 9.47 Å². The number of methoxy groups -OCH3 is 1. The molecule has 1 atom stereocenters. The first-order valence-electron chi connectivity index (χ1n) is 10.5. The van der Waals surface area contributed by atoms with Gasteiger partial charge < -0.3 is 19.9 Å². The predicted molar refractivity (Wildman–Crippen MR) is 123 cm³/mol. The molecule has 3 aromatic rings. The maximum Gasteiger partial charge on any atom is 0.412 e. The van der Waals surface area contributed by atoms with Gasteiger partial charge in [0.25, 0.3) is 5.91 Å². The van der Waals surface area contributed by atoms with Crippen LogP contribution in [0, 0.1) is 0 Å². The molecule has 2 amide bonds. The van der Waals surface area contributed by atoms with E-state index in [1.54, 1.807) is 0 Å². The van der Waals surface area contributed by atoms with Crippen LogP contribution in [0.1, 0.15) is 34.5 Å². The van der Waals surface area contributed by atoms with E-state index >= 15 is 0 Å². The van der Waals surface area contributed by atoms with Gasteiger partial charge in [0.2, 0.25) is 0 Å². The van der Waals surface area contributed by atoms with E-state index in [1.807, 2.05) is 48.5 Å². The lowest BCUT2D eigenvalue weighted by Gasteiger charge is -2.24. The Balaban J connectivity index is 1.38. The minimum absolute atomic E-state index is 0.0301. The van der Waals surface area contributed by atoms with Crippen LogP contribution in [-0.4, -0.2) is 59.1 Å². The molecule has 0 aliphatic heterocycles. The molecule has 10 heteroatoms. The molecule has 0 radical (unpaired) electrons. The number of nitrogens with zero attached hydrogens (tertiary/aromatic N) is 1. The number of amides is 2. The molecule has 34 heavy (non-hydrogen) atoms. The van der Waals surface area contributed by atoms with Gasteiger partial charge in [0.1, 0.15) is 12.3 Å². The number of aromatic amines is 1. The third-order valence-electron chi connectivity index (χ3n) is 5.69. The van der Waals surface area contributed by atoms with Gasteiger partial charge in [-0.1, -0.05) is 48.5 Å². The standard InChI is InChI=1S/C24H24N4O6/c1-24(13-33-2,22(30)31)26-21(29)19-11-20(28-27-19)25-23(32)34-12-18-16-9-5-3-7-14(16)15-8-4-6-10-17(15)18/h3-11,18H,12-13H2,1-2H3,(H,26,29)(H,30,31)(H2,25,27,28,32). The van der Waals surface area contributed by atoms with Gasteiger partial charge in [-0.25, -0.2) is 9.59 Å². The number of carbonyl (C=O) groups is 3. The second-order valence-corrected chi connectivity index (χ2v) is 8.14. The highest BCUT2D eigenvalue weighted by atomic mass is 16.5. The average molecular weight is 464 g/mol.